The number of carboxylic acids is 1. The fourth-order valence-electron chi connectivity index (χ4n) is 2.83. The fourth-order valence-corrected chi connectivity index (χ4v) is 2.83. The summed E-state index contributed by atoms with van der Waals surface area (Å²) in [7, 11) is 0. The minimum Gasteiger partial charge on any atom is -0.481 e. The number of carbonyl (C=O) groups excluding carboxylic acids is 1. The van der Waals surface area contributed by atoms with Gasteiger partial charge in [0.05, 0.1) is 0 Å². The molecule has 0 aliphatic heterocycles. The normalized spacial score (nSPS) is 11.8. The maximum atomic E-state index is 13.0. The van der Waals surface area contributed by atoms with Gasteiger partial charge in [-0.25, -0.2) is 4.39 Å². The molecule has 1 N–H and O–H groups in total. The number of hydrogen-bond donors (Lipinski definition) is 1. The predicted octanol–water partition coefficient (Wildman–Crippen LogP) is 4.58. The summed E-state index contributed by atoms with van der Waals surface area (Å²) in [6, 6.07) is 19.2. The Hall–Kier alpha value is -3.27. The summed E-state index contributed by atoms with van der Waals surface area (Å²) in [6.07, 6.45) is 0. The number of benzene rings is 3. The maximum absolute atomic E-state index is 13.0. The van der Waals surface area contributed by atoms with Gasteiger partial charge in [-0.3, -0.25) is 9.59 Å². The van der Waals surface area contributed by atoms with E-state index in [-0.39, 0.29) is 5.78 Å². The minimum absolute atomic E-state index is 0.237. The highest BCUT2D eigenvalue weighted by Gasteiger charge is 2.22. The van der Waals surface area contributed by atoms with Crippen molar-refractivity contribution in [1.29, 1.82) is 0 Å². The lowest BCUT2D eigenvalue weighted by Crippen LogP contribution is -2.13. The molecule has 0 spiro atoms. The van der Waals surface area contributed by atoms with Crippen LogP contribution in [0.5, 0.6) is 0 Å². The van der Waals surface area contributed by atoms with E-state index in [1.165, 1.54) is 24.3 Å². The van der Waals surface area contributed by atoms with Crippen molar-refractivity contribution in [3.8, 4) is 0 Å². The quantitative estimate of drug-likeness (QED) is 0.687. The van der Waals surface area contributed by atoms with Crippen molar-refractivity contribution in [2.75, 3.05) is 0 Å². The zero-order valence-electron chi connectivity index (χ0n) is 14.1. The van der Waals surface area contributed by atoms with Gasteiger partial charge in [-0.1, -0.05) is 54.1 Å². The van der Waals surface area contributed by atoms with Crippen LogP contribution in [0.3, 0.4) is 0 Å². The molecule has 0 bridgehead atoms. The van der Waals surface area contributed by atoms with Gasteiger partial charge in [0.15, 0.2) is 5.78 Å². The van der Waals surface area contributed by atoms with Gasteiger partial charge in [0, 0.05) is 11.1 Å². The first-order valence-corrected chi connectivity index (χ1v) is 8.15. The molecule has 3 rings (SSSR count). The zero-order chi connectivity index (χ0) is 18.7. The lowest BCUT2D eigenvalue weighted by molar-refractivity contribution is -0.137. The van der Waals surface area contributed by atoms with Gasteiger partial charge in [-0.2, -0.15) is 0 Å². The summed E-state index contributed by atoms with van der Waals surface area (Å²) < 4.78 is 13.0. The van der Waals surface area contributed by atoms with Crippen molar-refractivity contribution in [1.82, 2.24) is 0 Å². The number of carboxylic acid groups (broad SMARTS) is 1. The first-order chi connectivity index (χ1) is 12.5. The summed E-state index contributed by atoms with van der Waals surface area (Å²) in [5.41, 5.74) is 3.14. The summed E-state index contributed by atoms with van der Waals surface area (Å²) in [5.74, 6) is -2.39. The molecule has 0 aliphatic carbocycles. The molecule has 4 heteroatoms. The Morgan fingerprint density at radius 3 is 1.65 bits per heavy atom. The molecule has 26 heavy (non-hydrogen) atoms. The highest BCUT2D eigenvalue weighted by atomic mass is 19.1. The van der Waals surface area contributed by atoms with E-state index in [1.807, 2.05) is 19.1 Å². The largest absolute Gasteiger partial charge is 0.481 e. The van der Waals surface area contributed by atoms with Crippen molar-refractivity contribution >= 4 is 11.8 Å². The van der Waals surface area contributed by atoms with Crippen LogP contribution in [-0.2, 0) is 4.79 Å². The lowest BCUT2D eigenvalue weighted by Gasteiger charge is -2.14. The third-order valence-electron chi connectivity index (χ3n) is 4.27. The van der Waals surface area contributed by atoms with Crippen LogP contribution in [0.15, 0.2) is 72.8 Å². The Morgan fingerprint density at radius 1 is 0.769 bits per heavy atom. The second kappa shape index (κ2) is 7.31. The number of carbonyl (C=O) groups is 2. The van der Waals surface area contributed by atoms with Gasteiger partial charge < -0.3 is 5.11 Å². The molecule has 0 saturated heterocycles. The second-order valence-corrected chi connectivity index (χ2v) is 6.14. The van der Waals surface area contributed by atoms with Crippen LogP contribution in [-0.4, -0.2) is 16.9 Å². The van der Waals surface area contributed by atoms with E-state index in [2.05, 4.69) is 0 Å². The fraction of sp³-hybridized carbons (Fsp3) is 0.0909. The molecule has 0 saturated carbocycles. The SMILES string of the molecule is Cc1ccc(C(C(=O)O)c2ccc(C(=O)c3ccc(F)cc3)cc2)cc1. The molecule has 0 radical (unpaired) electrons. The number of aryl methyl sites for hydroxylation is 1. The van der Waals surface area contributed by atoms with Crippen molar-refractivity contribution < 1.29 is 19.1 Å². The maximum Gasteiger partial charge on any atom is 0.315 e. The van der Waals surface area contributed by atoms with Crippen LogP contribution in [0.4, 0.5) is 4.39 Å². The molecule has 130 valence electrons. The standard InChI is InChI=1S/C22H17FO3/c1-14-2-4-15(5-3-14)20(22(25)26)16-6-8-17(9-7-16)21(24)18-10-12-19(23)13-11-18/h2-13,20H,1H3,(H,25,26). The van der Waals surface area contributed by atoms with Crippen LogP contribution in [0.2, 0.25) is 0 Å². The molecule has 0 heterocycles. The summed E-state index contributed by atoms with van der Waals surface area (Å²) >= 11 is 0. The molecule has 3 aromatic rings. The molecule has 3 nitrogen and oxygen atoms in total. The van der Waals surface area contributed by atoms with Gasteiger partial charge in [-0.15, -0.1) is 0 Å². The van der Waals surface area contributed by atoms with E-state index < -0.39 is 17.7 Å². The highest BCUT2D eigenvalue weighted by molar-refractivity contribution is 6.09. The Balaban J connectivity index is 1.89. The molecule has 3 aromatic carbocycles. The van der Waals surface area contributed by atoms with E-state index >= 15 is 0 Å². The van der Waals surface area contributed by atoms with E-state index in [0.717, 1.165) is 5.56 Å². The molecule has 1 atom stereocenters. The monoisotopic (exact) mass is 348 g/mol. The van der Waals surface area contributed by atoms with E-state index in [9.17, 15) is 19.1 Å². The summed E-state index contributed by atoms with van der Waals surface area (Å²) in [5, 5.41) is 9.63. The first kappa shape index (κ1) is 17.5. The van der Waals surface area contributed by atoms with Gasteiger partial charge in [0.25, 0.3) is 0 Å². The molecular formula is C22H17FO3. The topological polar surface area (TPSA) is 54.4 Å². The average molecular weight is 348 g/mol. The van der Waals surface area contributed by atoms with Gasteiger partial charge in [0.2, 0.25) is 0 Å². The van der Waals surface area contributed by atoms with Gasteiger partial charge in [0.1, 0.15) is 11.7 Å². The van der Waals surface area contributed by atoms with Crippen LogP contribution in [0.1, 0.15) is 38.5 Å². The predicted molar refractivity (Wildman–Crippen MR) is 96.9 cm³/mol. The van der Waals surface area contributed by atoms with Crippen molar-refractivity contribution in [3.05, 3.63) is 106 Å². The Bertz CT molecular complexity index is 927. The van der Waals surface area contributed by atoms with Crippen LogP contribution in [0.25, 0.3) is 0 Å². The molecule has 0 fully saturated rings. The number of rotatable bonds is 5. The third-order valence-corrected chi connectivity index (χ3v) is 4.27. The van der Waals surface area contributed by atoms with E-state index in [1.54, 1.807) is 36.4 Å². The van der Waals surface area contributed by atoms with Crippen molar-refractivity contribution in [2.45, 2.75) is 12.8 Å². The van der Waals surface area contributed by atoms with E-state index in [0.29, 0.717) is 22.3 Å². The Labute approximate surface area is 150 Å². The third kappa shape index (κ3) is 3.70. The van der Waals surface area contributed by atoms with Crippen molar-refractivity contribution in [3.63, 3.8) is 0 Å². The zero-order valence-corrected chi connectivity index (χ0v) is 14.1. The lowest BCUT2D eigenvalue weighted by atomic mass is 9.90. The number of hydrogen-bond acceptors (Lipinski definition) is 2. The summed E-state index contributed by atoms with van der Waals surface area (Å²) in [4.78, 5) is 24.2. The van der Waals surface area contributed by atoms with E-state index in [4.69, 9.17) is 0 Å². The molecular weight excluding hydrogens is 331 g/mol. The number of halogens is 1. The van der Waals surface area contributed by atoms with Gasteiger partial charge in [-0.05, 0) is 42.3 Å². The van der Waals surface area contributed by atoms with Crippen LogP contribution >= 0.6 is 0 Å². The number of ketones is 1. The van der Waals surface area contributed by atoms with Gasteiger partial charge >= 0.3 is 5.97 Å². The average Bonchev–Trinajstić information content (AvgIpc) is 2.64. The van der Waals surface area contributed by atoms with Crippen LogP contribution in [0, 0.1) is 12.7 Å². The molecule has 0 amide bonds. The molecule has 0 aromatic heterocycles. The highest BCUT2D eigenvalue weighted by Crippen LogP contribution is 2.26. The van der Waals surface area contributed by atoms with Crippen LogP contribution < -0.4 is 0 Å². The Morgan fingerprint density at radius 2 is 1.19 bits per heavy atom. The summed E-state index contributed by atoms with van der Waals surface area (Å²) in [6.45, 7) is 1.94. The minimum atomic E-state index is -0.952. The van der Waals surface area contributed by atoms with Crippen molar-refractivity contribution in [2.24, 2.45) is 0 Å². The second-order valence-electron chi connectivity index (χ2n) is 6.14. The molecule has 1 unspecified atom stereocenters. The Kier molecular flexibility index (Phi) is 4.94. The number of aliphatic carboxylic acids is 1. The molecule has 0 aliphatic rings. The first-order valence-electron chi connectivity index (χ1n) is 8.15. The smallest absolute Gasteiger partial charge is 0.315 e.